The van der Waals surface area contributed by atoms with Gasteiger partial charge >= 0.3 is 5.97 Å². The Morgan fingerprint density at radius 2 is 2.18 bits per heavy atom. The lowest BCUT2D eigenvalue weighted by Crippen LogP contribution is -2.28. The number of hydrogen-bond acceptors (Lipinski definition) is 1. The molecule has 1 N–H and O–H groups in total. The normalized spacial score (nSPS) is 28.9. The van der Waals surface area contributed by atoms with Crippen molar-refractivity contribution in [2.24, 2.45) is 11.8 Å². The summed E-state index contributed by atoms with van der Waals surface area (Å²) in [6, 6.07) is 7.62. The third kappa shape index (κ3) is 2.81. The van der Waals surface area contributed by atoms with Crippen LogP contribution in [0.2, 0.25) is 5.02 Å². The largest absolute Gasteiger partial charge is 0.481 e. The fourth-order valence-corrected chi connectivity index (χ4v) is 2.98. The molecule has 0 aliphatic heterocycles. The molecular formula is C14H17ClO2. The molecule has 1 aliphatic carbocycles. The summed E-state index contributed by atoms with van der Waals surface area (Å²) in [7, 11) is 0. The van der Waals surface area contributed by atoms with Crippen LogP contribution in [0.4, 0.5) is 0 Å². The van der Waals surface area contributed by atoms with E-state index in [-0.39, 0.29) is 11.8 Å². The Hall–Kier alpha value is -1.02. The number of carbonyl (C=O) groups is 1. The van der Waals surface area contributed by atoms with Gasteiger partial charge in [0.25, 0.3) is 0 Å². The molecule has 0 amide bonds. The first kappa shape index (κ1) is 12.4. The number of carboxylic acids is 1. The van der Waals surface area contributed by atoms with Gasteiger partial charge in [-0.05, 0) is 48.8 Å². The van der Waals surface area contributed by atoms with Crippen LogP contribution in [0.15, 0.2) is 24.3 Å². The molecule has 0 aromatic heterocycles. The highest BCUT2D eigenvalue weighted by atomic mass is 35.5. The SMILES string of the molecule is CC1CCC(C(=O)O)C(c2cccc(Cl)c2)C1. The quantitative estimate of drug-likeness (QED) is 0.866. The molecule has 3 heteroatoms. The van der Waals surface area contributed by atoms with E-state index in [0.29, 0.717) is 10.9 Å². The zero-order chi connectivity index (χ0) is 12.4. The van der Waals surface area contributed by atoms with Gasteiger partial charge in [-0.25, -0.2) is 0 Å². The fraction of sp³-hybridized carbons (Fsp3) is 0.500. The van der Waals surface area contributed by atoms with E-state index in [0.717, 1.165) is 24.8 Å². The first-order valence-electron chi connectivity index (χ1n) is 6.06. The second-order valence-electron chi connectivity index (χ2n) is 5.02. The number of benzene rings is 1. The zero-order valence-electron chi connectivity index (χ0n) is 9.90. The first-order valence-corrected chi connectivity index (χ1v) is 6.44. The van der Waals surface area contributed by atoms with Crippen LogP contribution in [0.3, 0.4) is 0 Å². The zero-order valence-corrected chi connectivity index (χ0v) is 10.7. The third-order valence-electron chi connectivity index (χ3n) is 3.71. The number of carboxylic acid groups (broad SMARTS) is 1. The van der Waals surface area contributed by atoms with Crippen molar-refractivity contribution in [3.63, 3.8) is 0 Å². The van der Waals surface area contributed by atoms with Crippen LogP contribution in [-0.2, 0) is 4.79 Å². The molecule has 92 valence electrons. The van der Waals surface area contributed by atoms with Crippen molar-refractivity contribution in [2.75, 3.05) is 0 Å². The van der Waals surface area contributed by atoms with Crippen LogP contribution < -0.4 is 0 Å². The average molecular weight is 253 g/mol. The van der Waals surface area contributed by atoms with E-state index < -0.39 is 5.97 Å². The Balaban J connectivity index is 2.28. The van der Waals surface area contributed by atoms with Gasteiger partial charge < -0.3 is 5.11 Å². The minimum Gasteiger partial charge on any atom is -0.481 e. The van der Waals surface area contributed by atoms with Crippen molar-refractivity contribution in [1.29, 1.82) is 0 Å². The second-order valence-corrected chi connectivity index (χ2v) is 5.46. The molecule has 0 bridgehead atoms. The summed E-state index contributed by atoms with van der Waals surface area (Å²) in [5.41, 5.74) is 1.07. The summed E-state index contributed by atoms with van der Waals surface area (Å²) in [4.78, 5) is 11.3. The van der Waals surface area contributed by atoms with Crippen LogP contribution >= 0.6 is 11.6 Å². The highest BCUT2D eigenvalue weighted by Gasteiger charge is 2.34. The van der Waals surface area contributed by atoms with E-state index in [4.69, 9.17) is 11.6 Å². The maximum atomic E-state index is 11.3. The van der Waals surface area contributed by atoms with Crippen molar-refractivity contribution < 1.29 is 9.90 Å². The lowest BCUT2D eigenvalue weighted by Gasteiger charge is -2.32. The molecule has 3 atom stereocenters. The van der Waals surface area contributed by atoms with Crippen molar-refractivity contribution in [1.82, 2.24) is 0 Å². The van der Waals surface area contributed by atoms with Crippen molar-refractivity contribution in [3.05, 3.63) is 34.9 Å². The predicted octanol–water partition coefficient (Wildman–Crippen LogP) is 3.94. The van der Waals surface area contributed by atoms with Crippen LogP contribution in [-0.4, -0.2) is 11.1 Å². The number of aliphatic carboxylic acids is 1. The van der Waals surface area contributed by atoms with Crippen LogP contribution in [0.25, 0.3) is 0 Å². The molecule has 0 radical (unpaired) electrons. The lowest BCUT2D eigenvalue weighted by molar-refractivity contribution is -0.143. The van der Waals surface area contributed by atoms with Gasteiger partial charge in [-0.3, -0.25) is 4.79 Å². The van der Waals surface area contributed by atoms with Gasteiger partial charge in [0.05, 0.1) is 5.92 Å². The standard InChI is InChI=1S/C14H17ClO2/c1-9-5-6-12(14(16)17)13(7-9)10-3-2-4-11(15)8-10/h2-4,8-9,12-13H,5-7H2,1H3,(H,16,17). The van der Waals surface area contributed by atoms with Gasteiger partial charge in [0.1, 0.15) is 0 Å². The van der Waals surface area contributed by atoms with E-state index >= 15 is 0 Å². The van der Waals surface area contributed by atoms with Gasteiger partial charge in [0.15, 0.2) is 0 Å². The Kier molecular flexibility index (Phi) is 3.72. The number of hydrogen-bond donors (Lipinski definition) is 1. The van der Waals surface area contributed by atoms with Crippen molar-refractivity contribution in [3.8, 4) is 0 Å². The van der Waals surface area contributed by atoms with E-state index in [1.807, 2.05) is 24.3 Å². The average Bonchev–Trinajstić information content (AvgIpc) is 2.28. The Labute approximate surface area is 107 Å². The molecule has 17 heavy (non-hydrogen) atoms. The molecule has 1 aromatic rings. The topological polar surface area (TPSA) is 37.3 Å². The fourth-order valence-electron chi connectivity index (χ4n) is 2.78. The molecule has 0 heterocycles. The highest BCUT2D eigenvalue weighted by Crippen LogP contribution is 2.41. The van der Waals surface area contributed by atoms with Crippen LogP contribution in [0.5, 0.6) is 0 Å². The molecule has 3 unspecified atom stereocenters. The van der Waals surface area contributed by atoms with E-state index in [2.05, 4.69) is 6.92 Å². The van der Waals surface area contributed by atoms with E-state index in [1.165, 1.54) is 0 Å². The smallest absolute Gasteiger partial charge is 0.307 e. The highest BCUT2D eigenvalue weighted by molar-refractivity contribution is 6.30. The maximum Gasteiger partial charge on any atom is 0.307 e. The minimum atomic E-state index is -0.679. The molecule has 0 saturated heterocycles. The summed E-state index contributed by atoms with van der Waals surface area (Å²) in [5.74, 6) is -0.240. The van der Waals surface area contributed by atoms with Gasteiger partial charge in [-0.15, -0.1) is 0 Å². The van der Waals surface area contributed by atoms with Crippen molar-refractivity contribution in [2.45, 2.75) is 32.1 Å². The van der Waals surface area contributed by atoms with Gasteiger partial charge in [0.2, 0.25) is 0 Å². The lowest BCUT2D eigenvalue weighted by atomic mass is 9.71. The molecule has 1 fully saturated rings. The summed E-state index contributed by atoms with van der Waals surface area (Å²) in [5, 5.41) is 9.98. The minimum absolute atomic E-state index is 0.106. The molecule has 0 spiro atoms. The molecule has 1 aliphatic rings. The summed E-state index contributed by atoms with van der Waals surface area (Å²) in [6.45, 7) is 2.19. The monoisotopic (exact) mass is 252 g/mol. The number of halogens is 1. The van der Waals surface area contributed by atoms with Gasteiger partial charge in [-0.2, -0.15) is 0 Å². The molecular weight excluding hydrogens is 236 g/mol. The van der Waals surface area contributed by atoms with Gasteiger partial charge in [0, 0.05) is 5.02 Å². The summed E-state index contributed by atoms with van der Waals surface area (Å²) < 4.78 is 0. The molecule has 2 nitrogen and oxygen atoms in total. The first-order chi connectivity index (χ1) is 8.08. The predicted molar refractivity (Wildman–Crippen MR) is 68.3 cm³/mol. The van der Waals surface area contributed by atoms with E-state index in [9.17, 15) is 9.90 Å². The van der Waals surface area contributed by atoms with Gasteiger partial charge in [-0.1, -0.05) is 30.7 Å². The Morgan fingerprint density at radius 3 is 2.82 bits per heavy atom. The molecule has 1 aromatic carbocycles. The number of rotatable bonds is 2. The van der Waals surface area contributed by atoms with E-state index in [1.54, 1.807) is 0 Å². The second kappa shape index (κ2) is 5.09. The van der Waals surface area contributed by atoms with Crippen LogP contribution in [0.1, 0.15) is 37.7 Å². The summed E-state index contributed by atoms with van der Waals surface area (Å²) >= 11 is 5.98. The molecule has 1 saturated carbocycles. The Morgan fingerprint density at radius 1 is 1.41 bits per heavy atom. The van der Waals surface area contributed by atoms with Crippen molar-refractivity contribution >= 4 is 17.6 Å². The maximum absolute atomic E-state index is 11.3. The summed E-state index contributed by atoms with van der Waals surface area (Å²) in [6.07, 6.45) is 2.72. The van der Waals surface area contributed by atoms with Crippen LogP contribution in [0, 0.1) is 11.8 Å². The Bertz CT molecular complexity index is 416. The molecule has 2 rings (SSSR count). The third-order valence-corrected chi connectivity index (χ3v) is 3.94.